The Morgan fingerprint density at radius 3 is 2.48 bits per heavy atom. The minimum absolute atomic E-state index is 0.174. The van der Waals surface area contributed by atoms with Crippen LogP contribution in [0, 0.1) is 34.5 Å². The molecule has 4 fully saturated rings. The number of hydrogen-bond acceptors (Lipinski definition) is 2. The molecule has 1 heterocycles. The number of rotatable bonds is 7. The van der Waals surface area contributed by atoms with Crippen LogP contribution in [-0.2, 0) is 9.59 Å². The van der Waals surface area contributed by atoms with Gasteiger partial charge in [0.15, 0.2) is 0 Å². The Balaban J connectivity index is 1.40. The van der Waals surface area contributed by atoms with E-state index in [4.69, 9.17) is 0 Å². The Hall–Kier alpha value is -1.06. The number of nitrogens with one attached hydrogen (secondary N) is 1. The molecule has 4 heteroatoms. The van der Waals surface area contributed by atoms with Crippen molar-refractivity contribution in [1.82, 2.24) is 10.2 Å². The first-order valence-electron chi connectivity index (χ1n) is 13.4. The molecule has 176 valence electrons. The molecule has 3 saturated carbocycles. The zero-order valence-electron chi connectivity index (χ0n) is 20.5. The number of fused-ring (bicyclic) bond motifs is 5. The average Bonchev–Trinajstić information content (AvgIpc) is 3.11. The van der Waals surface area contributed by atoms with Crippen molar-refractivity contribution in [3.05, 3.63) is 0 Å². The lowest BCUT2D eigenvalue weighted by molar-refractivity contribution is -0.159. The summed E-state index contributed by atoms with van der Waals surface area (Å²) in [5.74, 6) is 3.03. The van der Waals surface area contributed by atoms with Crippen LogP contribution in [0.5, 0.6) is 0 Å². The summed E-state index contributed by atoms with van der Waals surface area (Å²) in [6, 6.07) is 0.424. The van der Waals surface area contributed by atoms with Gasteiger partial charge in [-0.3, -0.25) is 9.59 Å². The number of piperidine rings is 1. The van der Waals surface area contributed by atoms with Crippen molar-refractivity contribution in [1.29, 1.82) is 0 Å². The molecular weight excluding hydrogens is 384 g/mol. The Labute approximate surface area is 190 Å². The van der Waals surface area contributed by atoms with E-state index < -0.39 is 0 Å². The summed E-state index contributed by atoms with van der Waals surface area (Å²) in [5.41, 5.74) is 0.443. The Morgan fingerprint density at radius 1 is 0.968 bits per heavy atom. The summed E-state index contributed by atoms with van der Waals surface area (Å²) in [5, 5.41) is 3.31. The Kier molecular flexibility index (Phi) is 6.75. The Morgan fingerprint density at radius 2 is 1.71 bits per heavy atom. The van der Waals surface area contributed by atoms with E-state index in [1.807, 2.05) is 7.05 Å². The highest BCUT2D eigenvalue weighted by Crippen LogP contribution is 2.66. The fraction of sp³-hybridized carbons (Fsp3) is 0.926. The molecule has 3 aliphatic carbocycles. The van der Waals surface area contributed by atoms with Crippen molar-refractivity contribution in [3.63, 3.8) is 0 Å². The molecule has 1 saturated heterocycles. The first kappa shape index (κ1) is 23.1. The summed E-state index contributed by atoms with van der Waals surface area (Å²) in [6.45, 7) is 8.02. The largest absolute Gasteiger partial charge is 0.356 e. The molecule has 1 N–H and O–H groups in total. The van der Waals surface area contributed by atoms with Gasteiger partial charge in [0, 0.05) is 32.0 Å². The molecular formula is C27H46N2O2. The lowest BCUT2D eigenvalue weighted by Gasteiger charge is -2.61. The number of carbonyl (C=O) groups excluding carboxylic acids is 2. The second kappa shape index (κ2) is 9.06. The predicted molar refractivity (Wildman–Crippen MR) is 125 cm³/mol. The molecule has 0 radical (unpaired) electrons. The van der Waals surface area contributed by atoms with Gasteiger partial charge < -0.3 is 10.2 Å². The molecule has 0 aromatic rings. The lowest BCUT2D eigenvalue weighted by Crippen LogP contribution is -2.61. The average molecular weight is 431 g/mol. The summed E-state index contributed by atoms with van der Waals surface area (Å²) in [4.78, 5) is 27.6. The van der Waals surface area contributed by atoms with Gasteiger partial charge in [0.05, 0.1) is 0 Å². The fourth-order valence-corrected chi connectivity index (χ4v) is 8.64. The lowest BCUT2D eigenvalue weighted by atomic mass is 9.47. The van der Waals surface area contributed by atoms with Crippen LogP contribution in [0.3, 0.4) is 0 Å². The molecule has 0 aromatic heterocycles. The van der Waals surface area contributed by atoms with Gasteiger partial charge in [-0.25, -0.2) is 0 Å². The van der Waals surface area contributed by atoms with Crippen LogP contribution in [0.1, 0.15) is 104 Å². The Bertz CT molecular complexity index is 678. The van der Waals surface area contributed by atoms with E-state index in [9.17, 15) is 9.59 Å². The van der Waals surface area contributed by atoms with Crippen LogP contribution < -0.4 is 5.32 Å². The van der Waals surface area contributed by atoms with Gasteiger partial charge >= 0.3 is 0 Å². The normalized spacial score (nSPS) is 42.0. The SMILES string of the molecule is CCCCCCCNC(=O)[C@H]1CC[C@H]2[C@@H]3CC[C@H]4N(C)C(=O)CC[C@]4(C)[C@H]3CC[C@]12C. The van der Waals surface area contributed by atoms with Gasteiger partial charge in [-0.05, 0) is 80.0 Å². The second-order valence-corrected chi connectivity index (χ2v) is 11.9. The van der Waals surface area contributed by atoms with Crippen molar-refractivity contribution < 1.29 is 9.59 Å². The van der Waals surface area contributed by atoms with Crippen LogP contribution in [0.4, 0.5) is 0 Å². The first-order chi connectivity index (χ1) is 14.8. The van der Waals surface area contributed by atoms with Gasteiger partial charge in [0.1, 0.15) is 0 Å². The third kappa shape index (κ3) is 3.95. The molecule has 0 spiro atoms. The van der Waals surface area contributed by atoms with E-state index in [1.165, 1.54) is 51.4 Å². The third-order valence-corrected chi connectivity index (χ3v) is 10.5. The van der Waals surface area contributed by atoms with Gasteiger partial charge in [0.2, 0.25) is 11.8 Å². The van der Waals surface area contributed by atoms with Crippen LogP contribution in [0.15, 0.2) is 0 Å². The van der Waals surface area contributed by atoms with E-state index in [0.717, 1.165) is 50.5 Å². The maximum atomic E-state index is 13.2. The van der Waals surface area contributed by atoms with Crippen molar-refractivity contribution in [3.8, 4) is 0 Å². The summed E-state index contributed by atoms with van der Waals surface area (Å²) in [6.07, 6.45) is 15.1. The van der Waals surface area contributed by atoms with Gasteiger partial charge in [-0.2, -0.15) is 0 Å². The molecule has 4 rings (SSSR count). The molecule has 2 amide bonds. The van der Waals surface area contributed by atoms with E-state index in [-0.39, 0.29) is 16.7 Å². The van der Waals surface area contributed by atoms with Gasteiger partial charge in [-0.1, -0.05) is 46.5 Å². The first-order valence-corrected chi connectivity index (χ1v) is 13.4. The summed E-state index contributed by atoms with van der Waals surface area (Å²) >= 11 is 0. The molecule has 0 bridgehead atoms. The van der Waals surface area contributed by atoms with Crippen LogP contribution in [0.2, 0.25) is 0 Å². The number of unbranched alkanes of at least 4 members (excludes halogenated alkanes) is 4. The predicted octanol–water partition coefficient (Wildman–Crippen LogP) is 5.55. The molecule has 7 atom stereocenters. The zero-order valence-corrected chi connectivity index (χ0v) is 20.5. The van der Waals surface area contributed by atoms with E-state index >= 15 is 0 Å². The minimum Gasteiger partial charge on any atom is -0.356 e. The number of likely N-dealkylation sites (tertiary alicyclic amines) is 1. The molecule has 0 unspecified atom stereocenters. The number of nitrogens with zero attached hydrogens (tertiary/aromatic N) is 1. The van der Waals surface area contributed by atoms with Crippen molar-refractivity contribution in [2.75, 3.05) is 13.6 Å². The zero-order chi connectivity index (χ0) is 22.2. The molecule has 0 aromatic carbocycles. The van der Waals surface area contributed by atoms with Crippen LogP contribution in [-0.4, -0.2) is 36.3 Å². The summed E-state index contributed by atoms with van der Waals surface area (Å²) < 4.78 is 0. The maximum absolute atomic E-state index is 13.2. The monoisotopic (exact) mass is 430 g/mol. The maximum Gasteiger partial charge on any atom is 0.223 e. The number of carbonyl (C=O) groups is 2. The second-order valence-electron chi connectivity index (χ2n) is 11.9. The highest BCUT2D eigenvalue weighted by Gasteiger charge is 2.62. The van der Waals surface area contributed by atoms with Crippen molar-refractivity contribution in [2.24, 2.45) is 34.5 Å². The van der Waals surface area contributed by atoms with E-state index in [0.29, 0.717) is 23.8 Å². The molecule has 4 aliphatic rings. The van der Waals surface area contributed by atoms with Gasteiger partial charge in [-0.15, -0.1) is 0 Å². The fourth-order valence-electron chi connectivity index (χ4n) is 8.64. The van der Waals surface area contributed by atoms with Crippen LogP contribution in [0.25, 0.3) is 0 Å². The van der Waals surface area contributed by atoms with Crippen LogP contribution >= 0.6 is 0 Å². The van der Waals surface area contributed by atoms with Crippen molar-refractivity contribution >= 4 is 11.8 Å². The van der Waals surface area contributed by atoms with Gasteiger partial charge in [0.25, 0.3) is 0 Å². The van der Waals surface area contributed by atoms with E-state index in [2.05, 4.69) is 31.0 Å². The number of amides is 2. The molecule has 31 heavy (non-hydrogen) atoms. The highest BCUT2D eigenvalue weighted by molar-refractivity contribution is 5.80. The van der Waals surface area contributed by atoms with Crippen molar-refractivity contribution in [2.45, 2.75) is 110 Å². The molecule has 4 nitrogen and oxygen atoms in total. The quantitative estimate of drug-likeness (QED) is 0.538. The minimum atomic E-state index is 0.174. The number of hydrogen-bond donors (Lipinski definition) is 1. The topological polar surface area (TPSA) is 49.4 Å². The highest BCUT2D eigenvalue weighted by atomic mass is 16.2. The van der Waals surface area contributed by atoms with E-state index in [1.54, 1.807) is 0 Å². The summed E-state index contributed by atoms with van der Waals surface area (Å²) in [7, 11) is 2.04. The smallest absolute Gasteiger partial charge is 0.223 e. The third-order valence-electron chi connectivity index (χ3n) is 10.5. The standard InChI is InChI=1S/C27H46N2O2/c1-5-6-7-8-9-18-28-25(31)22-12-11-20-19-10-13-23-27(3,17-15-24(30)29(23)4)21(19)14-16-26(20,22)2/h19-23H,5-18H2,1-4H3,(H,28,31)/t19-,20-,21-,22+,23+,26-,27+/m0/s1. The molecule has 1 aliphatic heterocycles.